The van der Waals surface area contributed by atoms with Crippen molar-refractivity contribution < 1.29 is 4.74 Å². The predicted molar refractivity (Wildman–Crippen MR) is 76.3 cm³/mol. The first-order valence-corrected chi connectivity index (χ1v) is 6.95. The summed E-state index contributed by atoms with van der Waals surface area (Å²) in [5.41, 5.74) is 0. The van der Waals surface area contributed by atoms with Gasteiger partial charge in [-0.15, -0.1) is 0 Å². The highest BCUT2D eigenvalue weighted by Crippen LogP contribution is 2.38. The Kier molecular flexibility index (Phi) is 4.37. The fraction of sp³-hybridized carbons (Fsp3) is 0.0769. The maximum Gasteiger partial charge on any atom is 0.120 e. The quantitative estimate of drug-likeness (QED) is 0.759. The normalized spacial score (nSPS) is 10.3. The summed E-state index contributed by atoms with van der Waals surface area (Å²) in [5, 5.41) is 0.699. The molecule has 1 nitrogen and oxygen atoms in total. The monoisotopic (exact) mass is 328 g/mol. The molecule has 0 unspecified atom stereocenters. The molecule has 4 heteroatoms. The first-order valence-electron chi connectivity index (χ1n) is 4.96. The molecule has 2 aromatic carbocycles. The highest BCUT2D eigenvalue weighted by atomic mass is 79.9. The molecule has 0 aromatic heterocycles. The van der Waals surface area contributed by atoms with E-state index in [1.54, 1.807) is 18.9 Å². The number of benzene rings is 2. The second kappa shape index (κ2) is 5.80. The smallest absolute Gasteiger partial charge is 0.120 e. The van der Waals surface area contributed by atoms with Gasteiger partial charge in [-0.3, -0.25) is 0 Å². The number of methoxy groups -OCH3 is 1. The summed E-state index contributed by atoms with van der Waals surface area (Å²) in [7, 11) is 1.63. The molecule has 2 rings (SSSR count). The van der Waals surface area contributed by atoms with Crippen LogP contribution in [0.15, 0.2) is 56.7 Å². The Labute approximate surface area is 118 Å². The average molecular weight is 330 g/mol. The van der Waals surface area contributed by atoms with Gasteiger partial charge < -0.3 is 4.74 Å². The molecule has 0 saturated carbocycles. The molecular formula is C13H10BrClOS. The van der Waals surface area contributed by atoms with Crippen molar-refractivity contribution in [2.24, 2.45) is 0 Å². The molecule has 0 saturated heterocycles. The van der Waals surface area contributed by atoms with E-state index in [2.05, 4.69) is 22.0 Å². The molecule has 0 amide bonds. The number of rotatable bonds is 3. The Morgan fingerprint density at radius 1 is 1.12 bits per heavy atom. The van der Waals surface area contributed by atoms with Gasteiger partial charge >= 0.3 is 0 Å². The van der Waals surface area contributed by atoms with Crippen molar-refractivity contribution in [1.29, 1.82) is 0 Å². The molecule has 0 fully saturated rings. The predicted octanol–water partition coefficient (Wildman–Crippen LogP) is 5.26. The molecular weight excluding hydrogens is 320 g/mol. The van der Waals surface area contributed by atoms with Crippen LogP contribution in [0.5, 0.6) is 5.75 Å². The van der Waals surface area contributed by atoms with E-state index in [4.69, 9.17) is 16.3 Å². The van der Waals surface area contributed by atoms with E-state index in [9.17, 15) is 0 Å². The van der Waals surface area contributed by atoms with Gasteiger partial charge in [0.25, 0.3) is 0 Å². The fourth-order valence-electron chi connectivity index (χ4n) is 1.34. The lowest BCUT2D eigenvalue weighted by molar-refractivity contribution is 0.414. The molecule has 0 N–H and O–H groups in total. The standard InChI is InChI=1S/C13H10BrClOS/c1-16-9-6-7-13(11(15)8-9)17-12-5-3-2-4-10(12)14/h2-8H,1H3. The van der Waals surface area contributed by atoms with Crippen molar-refractivity contribution in [3.63, 3.8) is 0 Å². The van der Waals surface area contributed by atoms with Crippen molar-refractivity contribution in [3.05, 3.63) is 52.0 Å². The summed E-state index contributed by atoms with van der Waals surface area (Å²) in [6.07, 6.45) is 0. The van der Waals surface area contributed by atoms with Crippen LogP contribution in [0.1, 0.15) is 0 Å². The largest absolute Gasteiger partial charge is 0.497 e. The number of hydrogen-bond donors (Lipinski definition) is 0. The first-order chi connectivity index (χ1) is 8.20. The zero-order valence-electron chi connectivity index (χ0n) is 9.11. The van der Waals surface area contributed by atoms with Gasteiger partial charge in [0.2, 0.25) is 0 Å². The summed E-state index contributed by atoms with van der Waals surface area (Å²) in [6, 6.07) is 13.8. The van der Waals surface area contributed by atoms with E-state index in [1.807, 2.05) is 36.4 Å². The molecule has 0 atom stereocenters. The van der Waals surface area contributed by atoms with Crippen molar-refractivity contribution in [1.82, 2.24) is 0 Å². The summed E-state index contributed by atoms with van der Waals surface area (Å²) in [6.45, 7) is 0. The minimum absolute atomic E-state index is 0.699. The Balaban J connectivity index is 2.28. The number of halogens is 2. The van der Waals surface area contributed by atoms with Crippen molar-refractivity contribution in [2.75, 3.05) is 7.11 Å². The molecule has 0 aliphatic heterocycles. The SMILES string of the molecule is COc1ccc(Sc2ccccc2Br)c(Cl)c1. The average Bonchev–Trinajstić information content (AvgIpc) is 2.34. The van der Waals surface area contributed by atoms with Crippen LogP contribution in [-0.2, 0) is 0 Å². The minimum Gasteiger partial charge on any atom is -0.497 e. The molecule has 17 heavy (non-hydrogen) atoms. The van der Waals surface area contributed by atoms with Gasteiger partial charge in [0, 0.05) is 14.3 Å². The van der Waals surface area contributed by atoms with Crippen LogP contribution in [0, 0.1) is 0 Å². The lowest BCUT2D eigenvalue weighted by Gasteiger charge is -2.07. The Morgan fingerprint density at radius 3 is 2.53 bits per heavy atom. The Morgan fingerprint density at radius 2 is 1.88 bits per heavy atom. The lowest BCUT2D eigenvalue weighted by Crippen LogP contribution is -1.83. The zero-order valence-corrected chi connectivity index (χ0v) is 12.3. The number of ether oxygens (including phenoxy) is 1. The van der Waals surface area contributed by atoms with E-state index >= 15 is 0 Å². The molecule has 88 valence electrons. The van der Waals surface area contributed by atoms with Crippen molar-refractivity contribution in [3.8, 4) is 5.75 Å². The van der Waals surface area contributed by atoms with Gasteiger partial charge in [-0.05, 0) is 46.3 Å². The van der Waals surface area contributed by atoms with Crippen LogP contribution in [0.4, 0.5) is 0 Å². The molecule has 0 radical (unpaired) electrons. The molecule has 2 aromatic rings. The van der Waals surface area contributed by atoms with E-state index in [-0.39, 0.29) is 0 Å². The molecule has 0 heterocycles. The second-order valence-corrected chi connectivity index (χ2v) is 5.67. The van der Waals surface area contributed by atoms with Gasteiger partial charge in [-0.2, -0.15) is 0 Å². The van der Waals surface area contributed by atoms with Crippen molar-refractivity contribution >= 4 is 39.3 Å². The highest BCUT2D eigenvalue weighted by Gasteiger charge is 2.06. The third-order valence-corrected chi connectivity index (χ3v) is 4.73. The van der Waals surface area contributed by atoms with E-state index < -0.39 is 0 Å². The van der Waals surface area contributed by atoms with Gasteiger partial charge in [0.05, 0.1) is 12.1 Å². The van der Waals surface area contributed by atoms with E-state index in [1.165, 1.54) is 0 Å². The second-order valence-electron chi connectivity index (χ2n) is 3.33. The highest BCUT2D eigenvalue weighted by molar-refractivity contribution is 9.10. The van der Waals surface area contributed by atoms with Gasteiger partial charge in [-0.25, -0.2) is 0 Å². The topological polar surface area (TPSA) is 9.23 Å². The third kappa shape index (κ3) is 3.18. The Hall–Kier alpha value is -0.640. The fourth-order valence-corrected chi connectivity index (χ4v) is 2.99. The van der Waals surface area contributed by atoms with Crippen LogP contribution in [0.25, 0.3) is 0 Å². The lowest BCUT2D eigenvalue weighted by atomic mass is 10.3. The molecule has 0 aliphatic carbocycles. The maximum atomic E-state index is 6.19. The van der Waals surface area contributed by atoms with E-state index in [0.29, 0.717) is 5.02 Å². The first kappa shape index (κ1) is 12.8. The van der Waals surface area contributed by atoms with Gasteiger partial charge in [-0.1, -0.05) is 35.5 Å². The third-order valence-electron chi connectivity index (χ3n) is 2.20. The summed E-state index contributed by atoms with van der Waals surface area (Å²) in [4.78, 5) is 2.15. The van der Waals surface area contributed by atoms with E-state index in [0.717, 1.165) is 20.0 Å². The van der Waals surface area contributed by atoms with Crippen LogP contribution in [-0.4, -0.2) is 7.11 Å². The summed E-state index contributed by atoms with van der Waals surface area (Å²) >= 11 is 11.3. The van der Waals surface area contributed by atoms with Crippen LogP contribution in [0.3, 0.4) is 0 Å². The summed E-state index contributed by atoms with van der Waals surface area (Å²) < 4.78 is 6.19. The molecule has 0 bridgehead atoms. The van der Waals surface area contributed by atoms with Crippen LogP contribution < -0.4 is 4.74 Å². The van der Waals surface area contributed by atoms with Gasteiger partial charge in [0.15, 0.2) is 0 Å². The number of hydrogen-bond acceptors (Lipinski definition) is 2. The van der Waals surface area contributed by atoms with Crippen molar-refractivity contribution in [2.45, 2.75) is 9.79 Å². The maximum absolute atomic E-state index is 6.19. The zero-order chi connectivity index (χ0) is 12.3. The summed E-state index contributed by atoms with van der Waals surface area (Å²) in [5.74, 6) is 0.770. The molecule has 0 spiro atoms. The minimum atomic E-state index is 0.699. The van der Waals surface area contributed by atoms with Crippen LogP contribution >= 0.6 is 39.3 Å². The molecule has 0 aliphatic rings. The van der Waals surface area contributed by atoms with Crippen LogP contribution in [0.2, 0.25) is 5.02 Å². The van der Waals surface area contributed by atoms with Gasteiger partial charge in [0.1, 0.15) is 5.75 Å². The Bertz CT molecular complexity index is 531.